The highest BCUT2D eigenvalue weighted by Crippen LogP contribution is 2.24. The van der Waals surface area contributed by atoms with Crippen molar-refractivity contribution in [2.75, 3.05) is 19.6 Å². The molecule has 1 N–H and O–H groups in total. The monoisotopic (exact) mass is 322 g/mol. The number of nitrogens with zero attached hydrogens (tertiary/aromatic N) is 1. The molecule has 2 heterocycles. The van der Waals surface area contributed by atoms with Crippen LogP contribution >= 0.6 is 35.3 Å². The van der Waals surface area contributed by atoms with Crippen molar-refractivity contribution < 1.29 is 4.79 Å². The van der Waals surface area contributed by atoms with Gasteiger partial charge in [0.2, 0.25) is 0 Å². The Balaban J connectivity index is 0.00000180. The molecule has 1 fully saturated rings. The first-order chi connectivity index (χ1) is 8.72. The van der Waals surface area contributed by atoms with Crippen LogP contribution in [0.15, 0.2) is 12.1 Å². The van der Waals surface area contributed by atoms with Gasteiger partial charge in [0, 0.05) is 12.6 Å². The van der Waals surface area contributed by atoms with E-state index in [-0.39, 0.29) is 18.3 Å². The fraction of sp³-hybridized carbons (Fsp3) is 0.615. The maximum atomic E-state index is 12.5. The third-order valence-corrected chi connectivity index (χ3v) is 4.48. The molecular formula is C13H20Cl2N2OS. The summed E-state index contributed by atoms with van der Waals surface area (Å²) in [5.41, 5.74) is 0. The van der Waals surface area contributed by atoms with E-state index in [4.69, 9.17) is 11.6 Å². The average molecular weight is 323 g/mol. The second kappa shape index (κ2) is 8.10. The number of carbonyl (C=O) groups excluding carboxylic acids is 1. The number of halogens is 2. The molecule has 0 radical (unpaired) electrons. The smallest absolute Gasteiger partial charge is 0.264 e. The predicted octanol–water partition coefficient (Wildman–Crippen LogP) is 3.43. The number of nitrogens with one attached hydrogen (secondary N) is 1. The molecule has 3 nitrogen and oxygen atoms in total. The molecule has 108 valence electrons. The molecule has 1 aromatic heterocycles. The van der Waals surface area contributed by atoms with Crippen molar-refractivity contribution in [3.05, 3.63) is 21.3 Å². The van der Waals surface area contributed by atoms with Gasteiger partial charge in [-0.3, -0.25) is 4.79 Å². The first-order valence-electron chi connectivity index (χ1n) is 6.49. The van der Waals surface area contributed by atoms with E-state index in [1.807, 2.05) is 11.0 Å². The summed E-state index contributed by atoms with van der Waals surface area (Å²) in [7, 11) is 0. The van der Waals surface area contributed by atoms with Crippen LogP contribution in [-0.4, -0.2) is 36.5 Å². The molecule has 1 amide bonds. The molecule has 1 aromatic rings. The molecule has 2 rings (SSSR count). The third kappa shape index (κ3) is 4.35. The van der Waals surface area contributed by atoms with E-state index in [0.717, 1.165) is 43.8 Å². The van der Waals surface area contributed by atoms with Crippen molar-refractivity contribution in [1.82, 2.24) is 10.2 Å². The van der Waals surface area contributed by atoms with E-state index >= 15 is 0 Å². The van der Waals surface area contributed by atoms with Crippen molar-refractivity contribution in [2.24, 2.45) is 0 Å². The zero-order chi connectivity index (χ0) is 13.0. The molecule has 0 spiro atoms. The SMILES string of the molecule is CCCN(C(=O)c1ccc(Cl)s1)C1CCNCC1.Cl. The Morgan fingerprint density at radius 1 is 1.47 bits per heavy atom. The molecule has 1 aliphatic rings. The second-order valence-corrected chi connectivity index (χ2v) is 6.30. The van der Waals surface area contributed by atoms with Crippen LogP contribution in [0.4, 0.5) is 0 Å². The molecule has 6 heteroatoms. The molecular weight excluding hydrogens is 303 g/mol. The quantitative estimate of drug-likeness (QED) is 0.921. The number of carbonyl (C=O) groups is 1. The molecule has 19 heavy (non-hydrogen) atoms. The van der Waals surface area contributed by atoms with Gasteiger partial charge in [0.15, 0.2) is 0 Å². The van der Waals surface area contributed by atoms with Gasteiger partial charge in [-0.15, -0.1) is 23.7 Å². The minimum absolute atomic E-state index is 0. The number of thiophene rings is 1. The largest absolute Gasteiger partial charge is 0.335 e. The van der Waals surface area contributed by atoms with Crippen LogP contribution in [0.3, 0.4) is 0 Å². The Hall–Kier alpha value is -0.290. The number of rotatable bonds is 4. The summed E-state index contributed by atoms with van der Waals surface area (Å²) in [5.74, 6) is 0.139. The van der Waals surface area contributed by atoms with Crippen LogP contribution in [0.25, 0.3) is 0 Å². The van der Waals surface area contributed by atoms with E-state index in [1.54, 1.807) is 6.07 Å². The van der Waals surface area contributed by atoms with Gasteiger partial charge in [-0.2, -0.15) is 0 Å². The number of piperidine rings is 1. The van der Waals surface area contributed by atoms with Gasteiger partial charge in [-0.25, -0.2) is 0 Å². The summed E-state index contributed by atoms with van der Waals surface area (Å²) in [6, 6.07) is 4.00. The number of amides is 1. The Bertz CT molecular complexity index is 405. The normalized spacial score (nSPS) is 15.9. The van der Waals surface area contributed by atoms with Crippen LogP contribution in [0, 0.1) is 0 Å². The van der Waals surface area contributed by atoms with Gasteiger partial charge in [-0.05, 0) is 44.5 Å². The van der Waals surface area contributed by atoms with E-state index in [1.165, 1.54) is 11.3 Å². The van der Waals surface area contributed by atoms with Crippen molar-refractivity contribution in [3.8, 4) is 0 Å². The zero-order valence-corrected chi connectivity index (χ0v) is 13.4. The fourth-order valence-electron chi connectivity index (χ4n) is 2.38. The van der Waals surface area contributed by atoms with Crippen molar-refractivity contribution in [3.63, 3.8) is 0 Å². The molecule has 0 saturated carbocycles. The average Bonchev–Trinajstić information content (AvgIpc) is 2.83. The molecule has 1 aliphatic heterocycles. The lowest BCUT2D eigenvalue weighted by molar-refractivity contribution is 0.0647. The van der Waals surface area contributed by atoms with E-state index in [0.29, 0.717) is 10.4 Å². The van der Waals surface area contributed by atoms with Crippen molar-refractivity contribution in [2.45, 2.75) is 32.2 Å². The Morgan fingerprint density at radius 3 is 2.68 bits per heavy atom. The lowest BCUT2D eigenvalue weighted by atomic mass is 10.0. The van der Waals surface area contributed by atoms with E-state index in [2.05, 4.69) is 12.2 Å². The van der Waals surface area contributed by atoms with Crippen molar-refractivity contribution in [1.29, 1.82) is 0 Å². The summed E-state index contributed by atoms with van der Waals surface area (Å²) in [6.45, 7) is 4.95. The van der Waals surface area contributed by atoms with Gasteiger partial charge in [0.25, 0.3) is 5.91 Å². The van der Waals surface area contributed by atoms with Crippen LogP contribution in [0.5, 0.6) is 0 Å². The van der Waals surface area contributed by atoms with Crippen molar-refractivity contribution >= 4 is 41.3 Å². The number of hydrogen-bond acceptors (Lipinski definition) is 3. The summed E-state index contributed by atoms with van der Waals surface area (Å²) in [4.78, 5) is 15.3. The van der Waals surface area contributed by atoms with Crippen LogP contribution in [0.2, 0.25) is 4.34 Å². The van der Waals surface area contributed by atoms with Gasteiger partial charge in [0.05, 0.1) is 9.21 Å². The first kappa shape index (κ1) is 16.8. The molecule has 0 unspecified atom stereocenters. The summed E-state index contributed by atoms with van der Waals surface area (Å²) in [5, 5.41) is 3.34. The highest BCUT2D eigenvalue weighted by atomic mass is 35.5. The molecule has 0 atom stereocenters. The summed E-state index contributed by atoms with van der Waals surface area (Å²) in [6.07, 6.45) is 3.09. The van der Waals surface area contributed by atoms with Gasteiger partial charge in [0.1, 0.15) is 0 Å². The van der Waals surface area contributed by atoms with Gasteiger partial charge < -0.3 is 10.2 Å². The topological polar surface area (TPSA) is 32.3 Å². The Morgan fingerprint density at radius 2 is 2.16 bits per heavy atom. The highest BCUT2D eigenvalue weighted by Gasteiger charge is 2.26. The Labute approximate surface area is 129 Å². The van der Waals surface area contributed by atoms with E-state index < -0.39 is 0 Å². The van der Waals surface area contributed by atoms with Crippen LogP contribution in [0.1, 0.15) is 35.9 Å². The lowest BCUT2D eigenvalue weighted by Gasteiger charge is -2.34. The van der Waals surface area contributed by atoms with Crippen LogP contribution < -0.4 is 5.32 Å². The standard InChI is InChI=1S/C13H19ClN2OS.ClH/c1-2-9-16(10-5-7-15-8-6-10)13(17)11-3-4-12(14)18-11;/h3-4,10,15H,2,5-9H2,1H3;1H. The molecule has 1 saturated heterocycles. The van der Waals surface area contributed by atoms with Gasteiger partial charge in [-0.1, -0.05) is 18.5 Å². The fourth-order valence-corrected chi connectivity index (χ4v) is 3.38. The number of hydrogen-bond donors (Lipinski definition) is 1. The first-order valence-corrected chi connectivity index (χ1v) is 7.69. The molecule has 0 aliphatic carbocycles. The molecule has 0 bridgehead atoms. The minimum atomic E-state index is 0. The lowest BCUT2D eigenvalue weighted by Crippen LogP contribution is -2.46. The second-order valence-electron chi connectivity index (χ2n) is 4.58. The minimum Gasteiger partial charge on any atom is -0.335 e. The summed E-state index contributed by atoms with van der Waals surface area (Å²) >= 11 is 7.28. The maximum Gasteiger partial charge on any atom is 0.264 e. The van der Waals surface area contributed by atoms with Gasteiger partial charge >= 0.3 is 0 Å². The third-order valence-electron chi connectivity index (χ3n) is 3.26. The summed E-state index contributed by atoms with van der Waals surface area (Å²) < 4.78 is 0.681. The highest BCUT2D eigenvalue weighted by molar-refractivity contribution is 7.17. The zero-order valence-electron chi connectivity index (χ0n) is 11.0. The van der Waals surface area contributed by atoms with E-state index in [9.17, 15) is 4.79 Å². The van der Waals surface area contributed by atoms with Crippen LogP contribution in [-0.2, 0) is 0 Å². The molecule has 0 aromatic carbocycles. The predicted molar refractivity (Wildman–Crippen MR) is 83.8 cm³/mol. The Kier molecular flexibility index (Phi) is 7.15. The maximum absolute atomic E-state index is 12.5.